The van der Waals surface area contributed by atoms with Gasteiger partial charge in [-0.3, -0.25) is 0 Å². The molecule has 0 unspecified atom stereocenters. The van der Waals surface area contributed by atoms with Gasteiger partial charge < -0.3 is 14.6 Å². The maximum Gasteiger partial charge on any atom is 0.343 e. The molecular formula is C16H15N3O4. The number of hydrogen-bond acceptors (Lipinski definition) is 5. The van der Waals surface area contributed by atoms with Gasteiger partial charge in [0.1, 0.15) is 11.5 Å². The van der Waals surface area contributed by atoms with E-state index in [9.17, 15) is 4.79 Å². The van der Waals surface area contributed by atoms with Crippen LogP contribution in [-0.4, -0.2) is 24.2 Å². The third-order valence-electron chi connectivity index (χ3n) is 2.93. The van der Waals surface area contributed by atoms with Crippen molar-refractivity contribution in [3.05, 3.63) is 70.1 Å². The minimum absolute atomic E-state index is 0.0602. The maximum absolute atomic E-state index is 12.0. The molecule has 0 fully saturated rings. The van der Waals surface area contributed by atoms with Crippen LogP contribution in [0, 0.1) is 0 Å². The number of nitrogens with zero attached hydrogens (tertiary/aromatic N) is 3. The number of aliphatic hydroxyl groups excluding tert-OH is 1. The van der Waals surface area contributed by atoms with Gasteiger partial charge in [0.15, 0.2) is 0 Å². The second-order valence-corrected chi connectivity index (χ2v) is 4.52. The largest absolute Gasteiger partial charge is 0.493 e. The van der Waals surface area contributed by atoms with Gasteiger partial charge in [-0.15, -0.1) is 0 Å². The molecule has 0 aliphatic heterocycles. The highest BCUT2D eigenvalue weighted by molar-refractivity contribution is 5.91. The summed E-state index contributed by atoms with van der Waals surface area (Å²) in [5.41, 5.74) is 9.28. The summed E-state index contributed by atoms with van der Waals surface area (Å²) in [5, 5.41) is 12.3. The first kappa shape index (κ1) is 16.4. The van der Waals surface area contributed by atoms with Gasteiger partial charge in [0.25, 0.3) is 0 Å². The molecule has 0 saturated carbocycles. The summed E-state index contributed by atoms with van der Waals surface area (Å²) in [6.07, 6.45) is 0. The summed E-state index contributed by atoms with van der Waals surface area (Å²) < 4.78 is 10.6. The Bertz CT molecular complexity index is 692. The predicted molar refractivity (Wildman–Crippen MR) is 83.3 cm³/mol. The molecule has 2 aromatic carbocycles. The fourth-order valence-corrected chi connectivity index (χ4v) is 1.77. The highest BCUT2D eigenvalue weighted by Crippen LogP contribution is 2.16. The topological polar surface area (TPSA) is 105 Å². The first-order valence-electron chi connectivity index (χ1n) is 6.88. The lowest BCUT2D eigenvalue weighted by atomic mass is 10.2. The molecule has 0 amide bonds. The molecule has 23 heavy (non-hydrogen) atoms. The summed E-state index contributed by atoms with van der Waals surface area (Å²) in [4.78, 5) is 14.6. The zero-order chi connectivity index (χ0) is 16.5. The van der Waals surface area contributed by atoms with Gasteiger partial charge in [-0.1, -0.05) is 17.2 Å². The Kier molecular flexibility index (Phi) is 5.99. The van der Waals surface area contributed by atoms with E-state index < -0.39 is 5.97 Å². The molecule has 0 spiro atoms. The molecular weight excluding hydrogens is 298 g/mol. The Labute approximate surface area is 132 Å². The van der Waals surface area contributed by atoms with Crippen molar-refractivity contribution in [1.29, 1.82) is 0 Å². The van der Waals surface area contributed by atoms with Gasteiger partial charge >= 0.3 is 5.97 Å². The fraction of sp³-hybridized carbons (Fsp3) is 0.188. The van der Waals surface area contributed by atoms with Crippen molar-refractivity contribution in [3.8, 4) is 11.5 Å². The lowest BCUT2D eigenvalue weighted by molar-refractivity contribution is 0.0734. The van der Waals surface area contributed by atoms with Crippen LogP contribution in [0.3, 0.4) is 0 Å². The summed E-state index contributed by atoms with van der Waals surface area (Å²) >= 11 is 0. The van der Waals surface area contributed by atoms with Gasteiger partial charge in [0, 0.05) is 4.91 Å². The second-order valence-electron chi connectivity index (χ2n) is 4.52. The Hall–Kier alpha value is -3.02. The van der Waals surface area contributed by atoms with Crippen molar-refractivity contribution < 1.29 is 19.4 Å². The van der Waals surface area contributed by atoms with Crippen molar-refractivity contribution in [2.75, 3.05) is 13.2 Å². The molecule has 118 valence electrons. The molecule has 2 rings (SSSR count). The Morgan fingerprint density at radius 3 is 2.35 bits per heavy atom. The summed E-state index contributed by atoms with van der Waals surface area (Å²) in [6.45, 7) is 0.449. The van der Waals surface area contributed by atoms with E-state index in [-0.39, 0.29) is 19.8 Å². The zero-order valence-corrected chi connectivity index (χ0v) is 12.3. The van der Waals surface area contributed by atoms with E-state index in [0.717, 1.165) is 5.56 Å². The number of carbonyl (C=O) groups is 1. The number of rotatable bonds is 7. The lowest BCUT2D eigenvalue weighted by Crippen LogP contribution is -2.08. The minimum atomic E-state index is -0.484. The molecule has 0 radical (unpaired) electrons. The van der Waals surface area contributed by atoms with Crippen LogP contribution < -0.4 is 9.47 Å². The smallest absolute Gasteiger partial charge is 0.343 e. The van der Waals surface area contributed by atoms with Crippen LogP contribution in [0.15, 0.2) is 53.6 Å². The normalized spacial score (nSPS) is 9.78. The molecule has 0 aliphatic carbocycles. The number of ether oxygens (including phenoxy) is 2. The molecule has 0 saturated heterocycles. The first-order chi connectivity index (χ1) is 11.2. The van der Waals surface area contributed by atoms with Crippen LogP contribution in [0.25, 0.3) is 10.4 Å². The van der Waals surface area contributed by atoms with E-state index in [1.807, 2.05) is 0 Å². The number of benzene rings is 2. The van der Waals surface area contributed by atoms with Crippen molar-refractivity contribution in [2.24, 2.45) is 5.11 Å². The molecule has 0 bridgehead atoms. The minimum Gasteiger partial charge on any atom is -0.493 e. The number of hydrogen-bond donors (Lipinski definition) is 1. The van der Waals surface area contributed by atoms with E-state index in [2.05, 4.69) is 10.0 Å². The Morgan fingerprint density at radius 1 is 1.09 bits per heavy atom. The van der Waals surface area contributed by atoms with Crippen LogP contribution in [0.4, 0.5) is 0 Å². The predicted octanol–water partition coefficient (Wildman–Crippen LogP) is 3.09. The van der Waals surface area contributed by atoms with Gasteiger partial charge in [0.2, 0.25) is 0 Å². The molecule has 7 heteroatoms. The van der Waals surface area contributed by atoms with Crippen LogP contribution in [0.5, 0.6) is 11.5 Å². The van der Waals surface area contributed by atoms with E-state index in [0.29, 0.717) is 17.1 Å². The Balaban J connectivity index is 1.92. The summed E-state index contributed by atoms with van der Waals surface area (Å²) in [7, 11) is 0. The van der Waals surface area contributed by atoms with Crippen molar-refractivity contribution in [2.45, 2.75) is 6.61 Å². The number of aliphatic hydroxyl groups is 1. The molecule has 0 aromatic heterocycles. The Morgan fingerprint density at radius 2 is 1.74 bits per heavy atom. The number of carbonyl (C=O) groups excluding carboxylic acids is 1. The average molecular weight is 313 g/mol. The SMILES string of the molecule is [N-]=[N+]=NCCOc1ccc(C(=O)Oc2ccc(CO)cc2)cc1. The number of esters is 1. The molecule has 0 heterocycles. The van der Waals surface area contributed by atoms with Crippen molar-refractivity contribution >= 4 is 5.97 Å². The standard InChI is InChI=1S/C16H15N3O4/c17-19-18-9-10-22-14-7-3-13(4-8-14)16(21)23-15-5-1-12(11-20)2-6-15/h1-8,20H,9-11H2. The van der Waals surface area contributed by atoms with Crippen molar-refractivity contribution in [1.82, 2.24) is 0 Å². The summed E-state index contributed by atoms with van der Waals surface area (Å²) in [6, 6.07) is 13.1. The second kappa shape index (κ2) is 8.43. The van der Waals surface area contributed by atoms with E-state index in [4.69, 9.17) is 20.1 Å². The quantitative estimate of drug-likeness (QED) is 0.212. The molecule has 7 nitrogen and oxygen atoms in total. The number of azide groups is 1. The molecule has 0 atom stereocenters. The third-order valence-corrected chi connectivity index (χ3v) is 2.93. The van der Waals surface area contributed by atoms with Crippen LogP contribution in [-0.2, 0) is 6.61 Å². The lowest BCUT2D eigenvalue weighted by Gasteiger charge is -2.07. The zero-order valence-electron chi connectivity index (χ0n) is 12.3. The fourth-order valence-electron chi connectivity index (χ4n) is 1.77. The molecule has 0 aliphatic rings. The van der Waals surface area contributed by atoms with E-state index in [1.165, 1.54) is 0 Å². The van der Waals surface area contributed by atoms with Gasteiger partial charge in [-0.05, 0) is 47.5 Å². The third kappa shape index (κ3) is 5.03. The van der Waals surface area contributed by atoms with Crippen LogP contribution in [0.1, 0.15) is 15.9 Å². The van der Waals surface area contributed by atoms with E-state index in [1.54, 1.807) is 48.5 Å². The monoisotopic (exact) mass is 313 g/mol. The van der Waals surface area contributed by atoms with Crippen LogP contribution >= 0.6 is 0 Å². The van der Waals surface area contributed by atoms with E-state index >= 15 is 0 Å². The van der Waals surface area contributed by atoms with Crippen LogP contribution in [0.2, 0.25) is 0 Å². The summed E-state index contributed by atoms with van der Waals surface area (Å²) in [5.74, 6) is 0.492. The maximum atomic E-state index is 12.0. The highest BCUT2D eigenvalue weighted by atomic mass is 16.5. The first-order valence-corrected chi connectivity index (χ1v) is 6.88. The van der Waals surface area contributed by atoms with Crippen molar-refractivity contribution in [3.63, 3.8) is 0 Å². The van der Waals surface area contributed by atoms with Gasteiger partial charge in [-0.25, -0.2) is 4.79 Å². The van der Waals surface area contributed by atoms with Gasteiger partial charge in [-0.2, -0.15) is 0 Å². The average Bonchev–Trinajstić information content (AvgIpc) is 2.60. The molecule has 1 N–H and O–H groups in total. The molecule has 2 aromatic rings. The highest BCUT2D eigenvalue weighted by Gasteiger charge is 2.08. The van der Waals surface area contributed by atoms with Gasteiger partial charge in [0.05, 0.1) is 25.3 Å².